The van der Waals surface area contributed by atoms with E-state index in [1.54, 1.807) is 11.8 Å². The third kappa shape index (κ3) is 4.04. The molecule has 2 aliphatic rings. The van der Waals surface area contributed by atoms with Crippen LogP contribution in [0.1, 0.15) is 29.2 Å². The SMILES string of the molecule is Cc1ccc(N=C2NN=C(c3ccc4c(c3)CC(C)N4S(C)(=O)=O)CS2)c(C)c1. The van der Waals surface area contributed by atoms with E-state index in [0.717, 1.165) is 38.9 Å². The Morgan fingerprint density at radius 2 is 2.00 bits per heavy atom. The predicted octanol–water partition coefficient (Wildman–Crippen LogP) is 3.74. The van der Waals surface area contributed by atoms with E-state index in [-0.39, 0.29) is 6.04 Å². The highest BCUT2D eigenvalue weighted by Gasteiger charge is 2.32. The standard InChI is InChI=1S/C21H24N4O2S2/c1-13-5-7-18(14(2)9-13)22-21-24-23-19(12-28-21)16-6-8-20-17(11-16)10-15(3)25(20)29(4,26)27/h5-9,11,15H,10,12H2,1-4H3,(H,22,24). The van der Waals surface area contributed by atoms with Gasteiger partial charge < -0.3 is 0 Å². The van der Waals surface area contributed by atoms with Crippen LogP contribution in [0.25, 0.3) is 0 Å². The van der Waals surface area contributed by atoms with Crippen LogP contribution < -0.4 is 9.73 Å². The van der Waals surface area contributed by atoms with Crippen molar-refractivity contribution in [2.24, 2.45) is 10.1 Å². The van der Waals surface area contributed by atoms with Crippen LogP contribution in [0, 0.1) is 13.8 Å². The van der Waals surface area contributed by atoms with E-state index in [1.165, 1.54) is 16.1 Å². The molecular weight excluding hydrogens is 404 g/mol. The molecule has 8 heteroatoms. The fraction of sp³-hybridized carbons (Fsp3) is 0.333. The smallest absolute Gasteiger partial charge is 0.232 e. The summed E-state index contributed by atoms with van der Waals surface area (Å²) in [6, 6.07) is 12.0. The van der Waals surface area contributed by atoms with Gasteiger partial charge in [0, 0.05) is 11.8 Å². The average Bonchev–Trinajstić information content (AvgIpc) is 2.99. The van der Waals surface area contributed by atoms with Crippen LogP contribution in [-0.2, 0) is 16.4 Å². The predicted molar refractivity (Wildman–Crippen MR) is 122 cm³/mol. The maximum Gasteiger partial charge on any atom is 0.232 e. The van der Waals surface area contributed by atoms with E-state index in [2.05, 4.69) is 47.6 Å². The third-order valence-corrected chi connectivity index (χ3v) is 7.27. The topological polar surface area (TPSA) is 74.1 Å². The number of hydrogen-bond acceptors (Lipinski definition) is 5. The number of hydrazone groups is 1. The second kappa shape index (κ2) is 7.50. The highest BCUT2D eigenvalue weighted by atomic mass is 32.2. The summed E-state index contributed by atoms with van der Waals surface area (Å²) in [4.78, 5) is 4.68. The van der Waals surface area contributed by atoms with Gasteiger partial charge in [0.15, 0.2) is 5.17 Å². The van der Waals surface area contributed by atoms with Gasteiger partial charge in [-0.1, -0.05) is 35.5 Å². The Bertz CT molecular complexity index is 1140. The Morgan fingerprint density at radius 3 is 2.66 bits per heavy atom. The number of benzene rings is 2. The summed E-state index contributed by atoms with van der Waals surface area (Å²) in [6.45, 7) is 6.06. The first kappa shape index (κ1) is 20.0. The van der Waals surface area contributed by atoms with Crippen LogP contribution >= 0.6 is 11.8 Å². The molecule has 2 aromatic rings. The molecule has 0 fully saturated rings. The fourth-order valence-electron chi connectivity index (χ4n) is 3.85. The first-order valence-corrected chi connectivity index (χ1v) is 12.3. The van der Waals surface area contributed by atoms with Crippen LogP contribution in [0.4, 0.5) is 11.4 Å². The highest BCUT2D eigenvalue weighted by molar-refractivity contribution is 8.14. The van der Waals surface area contributed by atoms with Crippen molar-refractivity contribution >= 4 is 44.0 Å². The minimum atomic E-state index is -3.28. The second-order valence-electron chi connectivity index (χ2n) is 7.62. The van der Waals surface area contributed by atoms with E-state index in [9.17, 15) is 8.42 Å². The molecule has 0 saturated heterocycles. The number of rotatable bonds is 3. The van der Waals surface area contributed by atoms with Crippen LogP contribution in [0.5, 0.6) is 0 Å². The Labute approximate surface area is 176 Å². The number of sulfonamides is 1. The summed E-state index contributed by atoms with van der Waals surface area (Å²) in [5.74, 6) is 0.709. The molecule has 2 heterocycles. The van der Waals surface area contributed by atoms with Gasteiger partial charge in [-0.3, -0.25) is 9.73 Å². The first-order valence-electron chi connectivity index (χ1n) is 9.46. The summed E-state index contributed by atoms with van der Waals surface area (Å²) < 4.78 is 25.7. The van der Waals surface area contributed by atoms with Crippen molar-refractivity contribution < 1.29 is 8.42 Å². The zero-order chi connectivity index (χ0) is 20.8. The molecule has 0 spiro atoms. The van der Waals surface area contributed by atoms with Crippen molar-refractivity contribution in [2.75, 3.05) is 16.3 Å². The number of anilines is 1. The molecule has 1 atom stereocenters. The van der Waals surface area contributed by atoms with E-state index in [4.69, 9.17) is 0 Å². The Hall–Kier alpha value is -2.32. The lowest BCUT2D eigenvalue weighted by Crippen LogP contribution is -2.34. The lowest BCUT2D eigenvalue weighted by atomic mass is 10.0. The monoisotopic (exact) mass is 428 g/mol. The molecule has 1 unspecified atom stereocenters. The van der Waals surface area contributed by atoms with Crippen molar-refractivity contribution in [3.05, 3.63) is 58.7 Å². The molecule has 6 nitrogen and oxygen atoms in total. The van der Waals surface area contributed by atoms with Gasteiger partial charge in [-0.05, 0) is 62.1 Å². The van der Waals surface area contributed by atoms with E-state index < -0.39 is 10.0 Å². The molecule has 0 bridgehead atoms. The highest BCUT2D eigenvalue weighted by Crippen LogP contribution is 2.35. The summed E-state index contributed by atoms with van der Waals surface area (Å²) in [7, 11) is -3.28. The van der Waals surface area contributed by atoms with Gasteiger partial charge in [-0.2, -0.15) is 5.10 Å². The molecule has 0 aliphatic carbocycles. The molecule has 2 aromatic carbocycles. The van der Waals surface area contributed by atoms with Gasteiger partial charge in [0.05, 0.1) is 23.3 Å². The summed E-state index contributed by atoms with van der Waals surface area (Å²) in [5, 5.41) is 5.30. The number of nitrogens with one attached hydrogen (secondary N) is 1. The van der Waals surface area contributed by atoms with Crippen molar-refractivity contribution in [1.82, 2.24) is 5.43 Å². The third-order valence-electron chi connectivity index (χ3n) is 5.13. The molecule has 0 amide bonds. The zero-order valence-corrected chi connectivity index (χ0v) is 18.6. The lowest BCUT2D eigenvalue weighted by molar-refractivity contribution is 0.590. The zero-order valence-electron chi connectivity index (χ0n) is 16.9. The van der Waals surface area contributed by atoms with Gasteiger partial charge in [0.2, 0.25) is 10.0 Å². The lowest BCUT2D eigenvalue weighted by Gasteiger charge is -2.22. The van der Waals surface area contributed by atoms with Crippen LogP contribution in [0.15, 0.2) is 46.5 Å². The normalized spacial score (nSPS) is 20.4. The molecular formula is C21H24N4O2S2. The number of aryl methyl sites for hydroxylation is 2. The number of thioether (sulfide) groups is 1. The van der Waals surface area contributed by atoms with Gasteiger partial charge in [0.25, 0.3) is 0 Å². The average molecular weight is 429 g/mol. The largest absolute Gasteiger partial charge is 0.267 e. The number of hydrogen-bond donors (Lipinski definition) is 1. The van der Waals surface area contributed by atoms with Gasteiger partial charge in [0.1, 0.15) is 0 Å². The van der Waals surface area contributed by atoms with Gasteiger partial charge >= 0.3 is 0 Å². The van der Waals surface area contributed by atoms with Crippen molar-refractivity contribution in [1.29, 1.82) is 0 Å². The summed E-state index contributed by atoms with van der Waals surface area (Å²) in [5.41, 5.74) is 10.1. The molecule has 29 heavy (non-hydrogen) atoms. The number of nitrogens with zero attached hydrogens (tertiary/aromatic N) is 3. The van der Waals surface area contributed by atoms with Crippen LogP contribution in [0.2, 0.25) is 0 Å². The van der Waals surface area contributed by atoms with E-state index >= 15 is 0 Å². The second-order valence-corrected chi connectivity index (χ2v) is 10.4. The summed E-state index contributed by atoms with van der Waals surface area (Å²) in [6.07, 6.45) is 1.97. The quantitative estimate of drug-likeness (QED) is 0.808. The summed E-state index contributed by atoms with van der Waals surface area (Å²) >= 11 is 1.61. The van der Waals surface area contributed by atoms with Crippen LogP contribution in [-0.4, -0.2) is 37.3 Å². The maximum atomic E-state index is 12.1. The van der Waals surface area contributed by atoms with Gasteiger partial charge in [-0.25, -0.2) is 13.4 Å². The number of fused-ring (bicyclic) bond motifs is 1. The van der Waals surface area contributed by atoms with Crippen molar-refractivity contribution in [2.45, 2.75) is 33.2 Å². The Morgan fingerprint density at radius 1 is 1.21 bits per heavy atom. The Balaban J connectivity index is 1.56. The maximum absolute atomic E-state index is 12.1. The number of amidine groups is 1. The van der Waals surface area contributed by atoms with E-state index in [1.807, 2.05) is 25.1 Å². The minimum Gasteiger partial charge on any atom is -0.267 e. The molecule has 1 N–H and O–H groups in total. The molecule has 4 rings (SSSR count). The van der Waals surface area contributed by atoms with Gasteiger partial charge in [-0.15, -0.1) is 0 Å². The van der Waals surface area contributed by atoms with E-state index in [0.29, 0.717) is 12.2 Å². The molecule has 152 valence electrons. The molecule has 2 aliphatic heterocycles. The molecule has 0 radical (unpaired) electrons. The minimum absolute atomic E-state index is 0.0625. The number of aliphatic imine (C=N–C) groups is 1. The molecule has 0 saturated carbocycles. The Kier molecular flexibility index (Phi) is 5.16. The van der Waals surface area contributed by atoms with Crippen LogP contribution in [0.3, 0.4) is 0 Å². The van der Waals surface area contributed by atoms with Crippen molar-refractivity contribution in [3.8, 4) is 0 Å². The molecule has 0 aromatic heterocycles. The van der Waals surface area contributed by atoms with Crippen molar-refractivity contribution in [3.63, 3.8) is 0 Å². The first-order chi connectivity index (χ1) is 13.7. The fourth-order valence-corrected chi connectivity index (χ4v) is 5.89.